The molecule has 11 heteroatoms. The summed E-state index contributed by atoms with van der Waals surface area (Å²) in [5.74, 6) is -1.28. The van der Waals surface area contributed by atoms with Gasteiger partial charge in [0.05, 0.1) is 25.4 Å². The van der Waals surface area contributed by atoms with Gasteiger partial charge in [-0.2, -0.15) is 0 Å². The number of rotatable bonds is 48. The van der Waals surface area contributed by atoms with Gasteiger partial charge in [0.2, 0.25) is 5.91 Å². The van der Waals surface area contributed by atoms with Crippen LogP contribution in [0.15, 0.2) is 134 Å². The molecule has 11 nitrogen and oxygen atoms in total. The summed E-state index contributed by atoms with van der Waals surface area (Å²) >= 11 is 0. The number of ether oxygens (including phenoxy) is 3. The van der Waals surface area contributed by atoms with Crippen LogP contribution >= 0.6 is 0 Å². The lowest BCUT2D eigenvalue weighted by atomic mass is 9.99. The molecule has 0 radical (unpaired) electrons. The normalized spacial score (nSPS) is 20.0. The quantitative estimate of drug-likeness (QED) is 0.0149. The fourth-order valence-electron chi connectivity index (χ4n) is 8.43. The van der Waals surface area contributed by atoms with E-state index < -0.39 is 67.4 Å². The minimum Gasteiger partial charge on any atom is -0.454 e. The Bertz CT molecular complexity index is 1760. The predicted octanol–water partition coefficient (Wildman–Crippen LogP) is 14.1. The Hall–Kier alpha value is -4.20. The first-order valence-corrected chi connectivity index (χ1v) is 30.0. The molecule has 0 aliphatic carbocycles. The lowest BCUT2D eigenvalue weighted by molar-refractivity contribution is -0.305. The van der Waals surface area contributed by atoms with Crippen molar-refractivity contribution in [1.29, 1.82) is 0 Å². The van der Waals surface area contributed by atoms with Gasteiger partial charge in [-0.3, -0.25) is 9.59 Å². The van der Waals surface area contributed by atoms with E-state index in [-0.39, 0.29) is 19.4 Å². The fourth-order valence-corrected chi connectivity index (χ4v) is 8.43. The molecule has 0 aromatic carbocycles. The molecule has 8 atom stereocenters. The summed E-state index contributed by atoms with van der Waals surface area (Å²) in [6.07, 6.45) is 63.4. The Labute approximate surface area is 467 Å². The van der Waals surface area contributed by atoms with Crippen molar-refractivity contribution in [3.8, 4) is 0 Å². The van der Waals surface area contributed by atoms with Crippen molar-refractivity contribution in [3.63, 3.8) is 0 Å². The van der Waals surface area contributed by atoms with E-state index in [2.05, 4.69) is 111 Å². The maximum Gasteiger partial charge on any atom is 0.306 e. The summed E-state index contributed by atoms with van der Waals surface area (Å²) in [6, 6.07) is -1.06. The van der Waals surface area contributed by atoms with Crippen molar-refractivity contribution in [2.24, 2.45) is 0 Å². The zero-order valence-electron chi connectivity index (χ0n) is 48.0. The van der Waals surface area contributed by atoms with Crippen LogP contribution in [0.2, 0.25) is 0 Å². The Morgan fingerprint density at radius 2 is 1.00 bits per heavy atom. The minimum atomic E-state index is -1.65. The summed E-state index contributed by atoms with van der Waals surface area (Å²) in [4.78, 5) is 26.5. The van der Waals surface area contributed by atoms with Crippen LogP contribution < -0.4 is 5.32 Å². The zero-order chi connectivity index (χ0) is 56.1. The first kappa shape index (κ1) is 70.8. The van der Waals surface area contributed by atoms with Crippen molar-refractivity contribution >= 4 is 11.9 Å². The second kappa shape index (κ2) is 52.5. The van der Waals surface area contributed by atoms with Crippen LogP contribution in [0, 0.1) is 0 Å². The van der Waals surface area contributed by atoms with Gasteiger partial charge in [0.25, 0.3) is 0 Å². The van der Waals surface area contributed by atoms with E-state index in [4.69, 9.17) is 14.2 Å². The Kier molecular flexibility index (Phi) is 48.3. The van der Waals surface area contributed by atoms with E-state index in [1.54, 1.807) is 6.08 Å². The van der Waals surface area contributed by atoms with Gasteiger partial charge in [-0.15, -0.1) is 0 Å². The van der Waals surface area contributed by atoms with E-state index in [0.29, 0.717) is 12.8 Å². The summed E-state index contributed by atoms with van der Waals surface area (Å²) in [7, 11) is 0. The molecule has 8 unspecified atom stereocenters. The second-order valence-corrected chi connectivity index (χ2v) is 20.1. The van der Waals surface area contributed by atoms with Crippen molar-refractivity contribution in [3.05, 3.63) is 134 Å². The van der Waals surface area contributed by atoms with Gasteiger partial charge in [0, 0.05) is 6.42 Å². The molecule has 0 aromatic heterocycles. The largest absolute Gasteiger partial charge is 0.454 e. The Morgan fingerprint density at radius 3 is 1.56 bits per heavy atom. The van der Waals surface area contributed by atoms with E-state index in [1.807, 2.05) is 42.5 Å². The number of carbonyl (C=O) groups is 2. The first-order valence-electron chi connectivity index (χ1n) is 30.0. The number of hydrogen-bond acceptors (Lipinski definition) is 10. The van der Waals surface area contributed by atoms with Gasteiger partial charge in [-0.25, -0.2) is 0 Å². The maximum absolute atomic E-state index is 13.4. The van der Waals surface area contributed by atoms with Gasteiger partial charge < -0.3 is 45.1 Å². The number of unbranched alkanes of at least 4 members (excludes halogenated alkanes) is 17. The topological polar surface area (TPSA) is 175 Å². The standard InChI is InChI=1S/C66H107NO10/c1-4-7-10-13-16-19-22-25-27-28-29-30-31-32-33-36-39-42-45-48-51-54-61(71)77-64-63(73)62(72)60(55-68)76-66(64)75-56-57(58(69)52-49-46-43-40-37-34-24-21-18-15-12-9-6-3)67-65(74)59(70)53-50-47-44-41-38-35-26-23-20-17-14-11-8-5-2/h7-8,10-11,14,16-17,19-20,23,25-27,29-30,32-33,35,39,42,49,52,57-60,62-64,66,68-70,72-73H,4-6,9,12-13,15,18,21-22,24,28,31,34,36-38,40-41,43-48,50-51,53-56H2,1-3H3,(H,67,74)/b10-7-,11-8+,17-14+,19-16-,23-20+,27-25-,30-29-,33-32-,35-26-,42-39-,52-49+. The SMILES string of the molecule is CC/C=C\C/C=C\C/C=C\C/C=C\C/C=C\C/C=C\CCCCC(=O)OC1C(OCC(NC(=O)C(O)CCCCCC\C=C/C=C/C=C/C=C/CC)C(O)/C=C/CCCCCCCCCCCCC)OC(CO)C(O)C1O. The fraction of sp³-hybridized carbons (Fsp3) is 0.636. The highest BCUT2D eigenvalue weighted by atomic mass is 16.7. The van der Waals surface area contributed by atoms with Gasteiger partial charge >= 0.3 is 5.97 Å². The molecule has 1 amide bonds. The van der Waals surface area contributed by atoms with E-state index in [0.717, 1.165) is 109 Å². The minimum absolute atomic E-state index is 0.0571. The summed E-state index contributed by atoms with van der Waals surface area (Å²) in [5, 5.41) is 56.9. The van der Waals surface area contributed by atoms with Crippen LogP contribution in [0.5, 0.6) is 0 Å². The smallest absolute Gasteiger partial charge is 0.306 e. The molecule has 1 saturated heterocycles. The molecule has 1 fully saturated rings. The highest BCUT2D eigenvalue weighted by Crippen LogP contribution is 2.26. The number of aliphatic hydroxyl groups excluding tert-OH is 5. The number of carbonyl (C=O) groups excluding carboxylic acids is 2. The third-order valence-electron chi connectivity index (χ3n) is 13.1. The van der Waals surface area contributed by atoms with Gasteiger partial charge in [-0.1, -0.05) is 238 Å². The molecule has 0 aromatic rings. The van der Waals surface area contributed by atoms with E-state index in [9.17, 15) is 35.1 Å². The number of nitrogens with one attached hydrogen (secondary N) is 1. The number of aliphatic hydroxyl groups is 5. The van der Waals surface area contributed by atoms with Gasteiger partial charge in [0.15, 0.2) is 12.4 Å². The van der Waals surface area contributed by atoms with Crippen LogP contribution in [0.25, 0.3) is 0 Å². The molecule has 0 saturated carbocycles. The predicted molar refractivity (Wildman–Crippen MR) is 319 cm³/mol. The third kappa shape index (κ3) is 40.6. The number of esters is 1. The molecule has 0 spiro atoms. The van der Waals surface area contributed by atoms with Crippen molar-refractivity contribution in [2.45, 2.75) is 256 Å². The van der Waals surface area contributed by atoms with E-state index >= 15 is 0 Å². The van der Waals surface area contributed by atoms with Crippen LogP contribution in [0.4, 0.5) is 0 Å². The highest BCUT2D eigenvalue weighted by molar-refractivity contribution is 5.80. The number of amides is 1. The number of allylic oxidation sites excluding steroid dienone is 21. The molecule has 6 N–H and O–H groups in total. The molecular weight excluding hydrogens is 967 g/mol. The van der Waals surface area contributed by atoms with Crippen LogP contribution in [-0.4, -0.2) is 99.6 Å². The Balaban J connectivity index is 2.76. The first-order chi connectivity index (χ1) is 37.7. The van der Waals surface area contributed by atoms with Crippen molar-refractivity contribution in [2.75, 3.05) is 13.2 Å². The summed E-state index contributed by atoms with van der Waals surface area (Å²) in [6.45, 7) is 5.47. The zero-order valence-corrected chi connectivity index (χ0v) is 48.0. The lowest BCUT2D eigenvalue weighted by Crippen LogP contribution is -2.61. The number of hydrogen-bond donors (Lipinski definition) is 6. The molecule has 0 bridgehead atoms. The van der Waals surface area contributed by atoms with Crippen LogP contribution in [0.3, 0.4) is 0 Å². The van der Waals surface area contributed by atoms with Crippen molar-refractivity contribution in [1.82, 2.24) is 5.32 Å². The van der Waals surface area contributed by atoms with Crippen LogP contribution in [0.1, 0.15) is 207 Å². The summed E-state index contributed by atoms with van der Waals surface area (Å²) in [5.41, 5.74) is 0. The molecule has 1 rings (SSSR count). The molecule has 1 aliphatic heterocycles. The molecule has 77 heavy (non-hydrogen) atoms. The maximum atomic E-state index is 13.4. The van der Waals surface area contributed by atoms with Gasteiger partial charge in [-0.05, 0) is 96.3 Å². The monoisotopic (exact) mass is 1070 g/mol. The van der Waals surface area contributed by atoms with Crippen LogP contribution in [-0.2, 0) is 23.8 Å². The average molecular weight is 1070 g/mol. The second-order valence-electron chi connectivity index (χ2n) is 20.1. The highest BCUT2D eigenvalue weighted by Gasteiger charge is 2.47. The Morgan fingerprint density at radius 1 is 0.532 bits per heavy atom. The summed E-state index contributed by atoms with van der Waals surface area (Å²) < 4.78 is 17.5. The third-order valence-corrected chi connectivity index (χ3v) is 13.1. The average Bonchev–Trinajstić information content (AvgIpc) is 3.43. The van der Waals surface area contributed by atoms with Gasteiger partial charge in [0.1, 0.15) is 24.4 Å². The van der Waals surface area contributed by atoms with Crippen molar-refractivity contribution < 1.29 is 49.3 Å². The van der Waals surface area contributed by atoms with E-state index in [1.165, 1.54) is 51.4 Å². The lowest BCUT2D eigenvalue weighted by Gasteiger charge is -2.41. The molecular formula is C66H107NO10. The molecule has 436 valence electrons. The molecule has 1 aliphatic rings. The molecule has 1 heterocycles.